The first-order valence-electron chi connectivity index (χ1n) is 9.11. The van der Waals surface area contributed by atoms with Crippen molar-refractivity contribution >= 4 is 27.0 Å². The number of hydrogen-bond donors (Lipinski definition) is 0. The normalized spacial score (nSPS) is 18.3. The van der Waals surface area contributed by atoms with Crippen LogP contribution in [0, 0.1) is 5.92 Å². The third kappa shape index (κ3) is 2.96. The van der Waals surface area contributed by atoms with Gasteiger partial charge >= 0.3 is 0 Å². The molecule has 9 heteroatoms. The van der Waals surface area contributed by atoms with E-state index in [4.69, 9.17) is 4.52 Å². The van der Waals surface area contributed by atoms with E-state index in [1.807, 2.05) is 30.3 Å². The fraction of sp³-hybridized carbons (Fsp3) is 0.316. The number of pyridine rings is 1. The molecule has 1 aromatic carbocycles. The van der Waals surface area contributed by atoms with Crippen LogP contribution in [0.4, 0.5) is 0 Å². The molecule has 0 unspecified atom stereocenters. The highest BCUT2D eigenvalue weighted by atomic mass is 32.2. The molecule has 1 amide bonds. The Balaban J connectivity index is 1.49. The molecule has 0 atom stereocenters. The number of carbonyl (C=O) groups is 1. The molecule has 3 aromatic rings. The van der Waals surface area contributed by atoms with Crippen molar-refractivity contribution in [2.24, 2.45) is 5.92 Å². The summed E-state index contributed by atoms with van der Waals surface area (Å²) in [4.78, 5) is 18.0. The van der Waals surface area contributed by atoms with Gasteiger partial charge in [0.05, 0.1) is 24.8 Å². The zero-order chi connectivity index (χ0) is 19.3. The van der Waals surface area contributed by atoms with Crippen molar-refractivity contribution in [2.75, 3.05) is 19.8 Å². The lowest BCUT2D eigenvalue weighted by Crippen LogP contribution is -2.32. The Bertz CT molecular complexity index is 1160. The summed E-state index contributed by atoms with van der Waals surface area (Å²) >= 11 is 0. The molecule has 2 aliphatic rings. The van der Waals surface area contributed by atoms with Crippen molar-refractivity contribution in [3.63, 3.8) is 0 Å². The summed E-state index contributed by atoms with van der Waals surface area (Å²) in [6, 6.07) is 10.9. The van der Waals surface area contributed by atoms with Gasteiger partial charge in [-0.1, -0.05) is 35.5 Å². The number of benzene rings is 1. The standard InChI is InChI=1S/C19H18N4O4S/c24-17-11-23(12-22(17)10-13-6-7-13)28(25,26)15-8-16-18(14-4-2-1-3-5-14)21-27-19(16)20-9-15/h1-5,8-9,13H,6-7,10-12H2. The number of carbonyl (C=O) groups excluding carboxylic acids is 1. The maximum absolute atomic E-state index is 13.1. The molecular formula is C19H18N4O4S. The lowest BCUT2D eigenvalue weighted by Gasteiger charge is -2.17. The Morgan fingerprint density at radius 3 is 2.71 bits per heavy atom. The molecule has 5 rings (SSSR count). The third-order valence-corrected chi connectivity index (χ3v) is 6.90. The molecule has 1 aliphatic heterocycles. The van der Waals surface area contributed by atoms with Crippen molar-refractivity contribution in [1.82, 2.24) is 19.3 Å². The minimum absolute atomic E-state index is 0.0291. The van der Waals surface area contributed by atoms with Gasteiger partial charge in [-0.2, -0.15) is 4.31 Å². The summed E-state index contributed by atoms with van der Waals surface area (Å²) < 4.78 is 32.6. The summed E-state index contributed by atoms with van der Waals surface area (Å²) in [5.41, 5.74) is 1.61. The van der Waals surface area contributed by atoms with Gasteiger partial charge in [-0.3, -0.25) is 4.79 Å². The van der Waals surface area contributed by atoms with E-state index in [9.17, 15) is 13.2 Å². The second-order valence-corrected chi connectivity index (χ2v) is 9.17. The van der Waals surface area contributed by atoms with Gasteiger partial charge in [-0.05, 0) is 24.8 Å². The Labute approximate surface area is 161 Å². The SMILES string of the molecule is O=C1CN(S(=O)(=O)c2cnc3onc(-c4ccccc4)c3c2)CN1CC1CC1. The highest BCUT2D eigenvalue weighted by Crippen LogP contribution is 2.32. The van der Waals surface area contributed by atoms with Crippen molar-refractivity contribution < 1.29 is 17.7 Å². The van der Waals surface area contributed by atoms with Gasteiger partial charge in [-0.25, -0.2) is 13.4 Å². The third-order valence-electron chi connectivity index (χ3n) is 5.16. The van der Waals surface area contributed by atoms with Crippen LogP contribution in [0.2, 0.25) is 0 Å². The average molecular weight is 398 g/mol. The smallest absolute Gasteiger partial charge is 0.258 e. The quantitative estimate of drug-likeness (QED) is 0.653. The van der Waals surface area contributed by atoms with E-state index in [-0.39, 0.29) is 29.7 Å². The monoisotopic (exact) mass is 398 g/mol. The maximum atomic E-state index is 13.1. The van der Waals surface area contributed by atoms with Crippen molar-refractivity contribution in [2.45, 2.75) is 17.7 Å². The molecule has 0 bridgehead atoms. The van der Waals surface area contributed by atoms with Gasteiger partial charge < -0.3 is 9.42 Å². The molecular weight excluding hydrogens is 380 g/mol. The number of aromatic nitrogens is 2. The topological polar surface area (TPSA) is 96.6 Å². The largest absolute Gasteiger partial charge is 0.335 e. The molecule has 144 valence electrons. The number of sulfonamides is 1. The lowest BCUT2D eigenvalue weighted by atomic mass is 10.1. The number of nitrogens with zero attached hydrogens (tertiary/aromatic N) is 4. The molecule has 0 N–H and O–H groups in total. The van der Waals surface area contributed by atoms with Crippen LogP contribution in [0.25, 0.3) is 22.4 Å². The van der Waals surface area contributed by atoms with E-state index in [1.165, 1.54) is 16.6 Å². The van der Waals surface area contributed by atoms with Crippen LogP contribution >= 0.6 is 0 Å². The molecule has 8 nitrogen and oxygen atoms in total. The maximum Gasteiger partial charge on any atom is 0.258 e. The summed E-state index contributed by atoms with van der Waals surface area (Å²) in [6.07, 6.45) is 3.46. The molecule has 1 aliphatic carbocycles. The molecule has 0 spiro atoms. The fourth-order valence-electron chi connectivity index (χ4n) is 3.41. The van der Waals surface area contributed by atoms with Crippen LogP contribution in [0.15, 0.2) is 52.0 Å². The van der Waals surface area contributed by atoms with Gasteiger partial charge in [-0.15, -0.1) is 0 Å². The van der Waals surface area contributed by atoms with E-state index in [1.54, 1.807) is 4.90 Å². The van der Waals surface area contributed by atoms with E-state index in [2.05, 4.69) is 10.1 Å². The van der Waals surface area contributed by atoms with Gasteiger partial charge in [0.15, 0.2) is 0 Å². The van der Waals surface area contributed by atoms with E-state index < -0.39 is 10.0 Å². The highest BCUT2D eigenvalue weighted by Gasteiger charge is 2.39. The molecule has 1 saturated carbocycles. The van der Waals surface area contributed by atoms with Gasteiger partial charge in [0.25, 0.3) is 5.71 Å². The predicted molar refractivity (Wildman–Crippen MR) is 100 cm³/mol. The molecule has 2 fully saturated rings. The lowest BCUT2D eigenvalue weighted by molar-refractivity contribution is -0.126. The second kappa shape index (κ2) is 6.39. The first kappa shape index (κ1) is 17.3. The van der Waals surface area contributed by atoms with Gasteiger partial charge in [0.1, 0.15) is 10.6 Å². The Morgan fingerprint density at radius 2 is 1.96 bits per heavy atom. The van der Waals surface area contributed by atoms with E-state index in [0.29, 0.717) is 23.5 Å². The highest BCUT2D eigenvalue weighted by molar-refractivity contribution is 7.89. The molecule has 0 radical (unpaired) electrons. The molecule has 28 heavy (non-hydrogen) atoms. The second-order valence-electron chi connectivity index (χ2n) is 7.24. The van der Waals surface area contributed by atoms with Crippen molar-refractivity contribution in [3.05, 3.63) is 42.6 Å². The van der Waals surface area contributed by atoms with Crippen molar-refractivity contribution in [3.8, 4) is 11.3 Å². The molecule has 1 saturated heterocycles. The first-order chi connectivity index (χ1) is 13.5. The van der Waals surface area contributed by atoms with Crippen LogP contribution in [0.1, 0.15) is 12.8 Å². The number of amides is 1. The van der Waals surface area contributed by atoms with Crippen LogP contribution in [0.3, 0.4) is 0 Å². The molecule has 2 aromatic heterocycles. The van der Waals surface area contributed by atoms with Crippen LogP contribution < -0.4 is 0 Å². The van der Waals surface area contributed by atoms with Gasteiger partial charge in [0.2, 0.25) is 15.9 Å². The van der Waals surface area contributed by atoms with Crippen LogP contribution in [0.5, 0.6) is 0 Å². The number of hydrogen-bond acceptors (Lipinski definition) is 6. The van der Waals surface area contributed by atoms with Crippen molar-refractivity contribution in [1.29, 1.82) is 0 Å². The Hall–Kier alpha value is -2.78. The Kier molecular flexibility index (Phi) is 3.95. The minimum Gasteiger partial charge on any atom is -0.335 e. The van der Waals surface area contributed by atoms with Crippen LogP contribution in [-0.4, -0.2) is 53.4 Å². The van der Waals surface area contributed by atoms with Crippen LogP contribution in [-0.2, 0) is 14.8 Å². The summed E-state index contributed by atoms with van der Waals surface area (Å²) in [6.45, 7) is 0.582. The zero-order valence-corrected chi connectivity index (χ0v) is 15.8. The summed E-state index contributed by atoms with van der Waals surface area (Å²) in [5.74, 6) is 0.356. The number of fused-ring (bicyclic) bond motifs is 1. The summed E-state index contributed by atoms with van der Waals surface area (Å²) in [7, 11) is -3.85. The fourth-order valence-corrected chi connectivity index (χ4v) is 4.73. The average Bonchev–Trinajstić information content (AvgIpc) is 3.29. The predicted octanol–water partition coefficient (Wildman–Crippen LogP) is 2.09. The number of rotatable bonds is 5. The summed E-state index contributed by atoms with van der Waals surface area (Å²) in [5, 5.41) is 4.56. The first-order valence-corrected chi connectivity index (χ1v) is 10.5. The zero-order valence-electron chi connectivity index (χ0n) is 15.0. The van der Waals surface area contributed by atoms with E-state index >= 15 is 0 Å². The Morgan fingerprint density at radius 1 is 1.18 bits per heavy atom. The van der Waals surface area contributed by atoms with E-state index in [0.717, 1.165) is 18.4 Å². The minimum atomic E-state index is -3.85. The molecule has 3 heterocycles. The van der Waals surface area contributed by atoms with Gasteiger partial charge in [0, 0.05) is 12.1 Å².